The normalized spacial score (nSPS) is 17.9. The van der Waals surface area contributed by atoms with Gasteiger partial charge in [-0.2, -0.15) is 10.1 Å². The number of rotatable bonds is 9. The van der Waals surface area contributed by atoms with Crippen molar-refractivity contribution in [3.05, 3.63) is 88.7 Å². The third-order valence-electron chi connectivity index (χ3n) is 8.15. The molecule has 0 amide bonds. The summed E-state index contributed by atoms with van der Waals surface area (Å²) in [7, 11) is 0. The van der Waals surface area contributed by atoms with Gasteiger partial charge in [-0.1, -0.05) is 29.8 Å². The monoisotopic (exact) mass is 583 g/mol. The van der Waals surface area contributed by atoms with Crippen LogP contribution in [-0.2, 0) is 24.2 Å². The van der Waals surface area contributed by atoms with Gasteiger partial charge in [0.25, 0.3) is 0 Å². The van der Waals surface area contributed by atoms with Gasteiger partial charge >= 0.3 is 0 Å². The molecule has 0 radical (unpaired) electrons. The molecule has 42 heavy (non-hydrogen) atoms. The highest BCUT2D eigenvalue weighted by molar-refractivity contribution is 6.30. The van der Waals surface area contributed by atoms with E-state index in [0.29, 0.717) is 12.3 Å². The number of benzene rings is 2. The van der Waals surface area contributed by atoms with Crippen molar-refractivity contribution in [1.29, 1.82) is 0 Å². The number of H-pyrrole nitrogens is 1. The van der Waals surface area contributed by atoms with Crippen molar-refractivity contribution >= 4 is 22.6 Å². The van der Waals surface area contributed by atoms with Crippen molar-refractivity contribution in [3.63, 3.8) is 0 Å². The summed E-state index contributed by atoms with van der Waals surface area (Å²) in [5, 5.41) is 8.20. The molecule has 216 valence electrons. The van der Waals surface area contributed by atoms with E-state index in [4.69, 9.17) is 26.1 Å². The van der Waals surface area contributed by atoms with Crippen LogP contribution in [0.15, 0.2) is 60.8 Å². The molecule has 2 aliphatic rings. The number of hydrogen-bond acceptors (Lipinski definition) is 7. The van der Waals surface area contributed by atoms with Crippen LogP contribution in [0.5, 0.6) is 5.88 Å². The molecule has 0 saturated carbocycles. The van der Waals surface area contributed by atoms with E-state index in [2.05, 4.69) is 53.9 Å². The molecule has 5 aromatic rings. The molecule has 0 spiro atoms. The van der Waals surface area contributed by atoms with Gasteiger partial charge in [0, 0.05) is 54.7 Å². The first-order chi connectivity index (χ1) is 20.6. The largest absolute Gasteiger partial charge is 0.474 e. The number of aryl methyl sites for hydroxylation is 1. The van der Waals surface area contributed by atoms with Gasteiger partial charge in [-0.15, -0.1) is 0 Å². The van der Waals surface area contributed by atoms with Crippen LogP contribution in [-0.4, -0.2) is 66.5 Å². The second kappa shape index (κ2) is 11.8. The number of nitrogens with zero attached hydrogens (tertiary/aromatic N) is 6. The Kier molecular flexibility index (Phi) is 7.63. The number of aromatic amines is 1. The SMILES string of the molecule is Cc1cc(-c2ccc3c(c2)nc(CN2CCC(Oc4ccnc(Cc5ccc(Cl)cc5)n4)CC2)n3C[C@@H]2CCO2)n[nH]1. The molecule has 0 bridgehead atoms. The van der Waals surface area contributed by atoms with E-state index in [1.54, 1.807) is 6.20 Å². The summed E-state index contributed by atoms with van der Waals surface area (Å²) < 4.78 is 14.5. The maximum absolute atomic E-state index is 6.31. The highest BCUT2D eigenvalue weighted by Gasteiger charge is 2.26. The highest BCUT2D eigenvalue weighted by atomic mass is 35.5. The van der Waals surface area contributed by atoms with Gasteiger partial charge < -0.3 is 14.0 Å². The smallest absolute Gasteiger partial charge is 0.216 e. The summed E-state index contributed by atoms with van der Waals surface area (Å²) in [5.41, 5.74) is 6.32. The number of halogens is 1. The number of aromatic nitrogens is 6. The van der Waals surface area contributed by atoms with Gasteiger partial charge in [-0.05, 0) is 62.1 Å². The minimum Gasteiger partial charge on any atom is -0.474 e. The lowest BCUT2D eigenvalue weighted by atomic mass is 10.1. The summed E-state index contributed by atoms with van der Waals surface area (Å²) >= 11 is 6.02. The fraction of sp³-hybridized carbons (Fsp3) is 0.375. The van der Waals surface area contributed by atoms with E-state index >= 15 is 0 Å². The Balaban J connectivity index is 1.01. The molecule has 1 atom stereocenters. The summed E-state index contributed by atoms with van der Waals surface area (Å²) in [4.78, 5) is 16.7. The predicted octanol–water partition coefficient (Wildman–Crippen LogP) is 5.60. The molecule has 10 heteroatoms. The lowest BCUT2D eigenvalue weighted by Gasteiger charge is -2.32. The van der Waals surface area contributed by atoms with Gasteiger partial charge in [-0.25, -0.2) is 9.97 Å². The summed E-state index contributed by atoms with van der Waals surface area (Å²) in [6, 6.07) is 18.2. The summed E-state index contributed by atoms with van der Waals surface area (Å²) in [6.07, 6.45) is 5.76. The quantitative estimate of drug-likeness (QED) is 0.241. The lowest BCUT2D eigenvalue weighted by Crippen LogP contribution is -2.39. The standard InChI is InChI=1S/C32H34ClN7O2/c1-21-16-27(38-37-21)23-4-7-29-28(18-23)35-31(40(29)19-26-11-15-41-26)20-39-13-9-25(10-14-39)42-32-8-12-34-30(36-32)17-22-2-5-24(33)6-3-22/h2-8,12,16,18,25-26H,9-11,13-15,17,19-20H2,1H3,(H,37,38)/t26-/m0/s1. The average molecular weight is 584 g/mol. The average Bonchev–Trinajstić information content (AvgIpc) is 3.55. The zero-order valence-electron chi connectivity index (χ0n) is 23.7. The van der Waals surface area contributed by atoms with Crippen LogP contribution in [0.25, 0.3) is 22.3 Å². The zero-order chi connectivity index (χ0) is 28.5. The molecule has 2 saturated heterocycles. The van der Waals surface area contributed by atoms with Crippen LogP contribution < -0.4 is 4.74 Å². The van der Waals surface area contributed by atoms with E-state index in [9.17, 15) is 0 Å². The number of imidazole rings is 1. The number of piperidine rings is 1. The predicted molar refractivity (Wildman–Crippen MR) is 162 cm³/mol. The number of ether oxygens (including phenoxy) is 2. The highest BCUT2D eigenvalue weighted by Crippen LogP contribution is 2.27. The van der Waals surface area contributed by atoms with Crippen LogP contribution in [0.2, 0.25) is 5.02 Å². The maximum Gasteiger partial charge on any atom is 0.216 e. The molecule has 2 aromatic carbocycles. The second-order valence-corrected chi connectivity index (χ2v) is 11.7. The summed E-state index contributed by atoms with van der Waals surface area (Å²) in [6.45, 7) is 6.37. The molecular weight excluding hydrogens is 550 g/mol. The Hall–Kier alpha value is -3.79. The third kappa shape index (κ3) is 6.04. The molecule has 0 aliphatic carbocycles. The number of nitrogens with one attached hydrogen (secondary N) is 1. The fourth-order valence-corrected chi connectivity index (χ4v) is 5.86. The molecule has 7 rings (SSSR count). The van der Waals surface area contributed by atoms with Gasteiger partial charge in [0.15, 0.2) is 0 Å². The molecule has 9 nitrogen and oxygen atoms in total. The Morgan fingerprint density at radius 2 is 1.86 bits per heavy atom. The number of likely N-dealkylation sites (tertiary alicyclic amines) is 1. The molecule has 5 heterocycles. The second-order valence-electron chi connectivity index (χ2n) is 11.3. The van der Waals surface area contributed by atoms with E-state index in [0.717, 1.165) is 102 Å². The Morgan fingerprint density at radius 3 is 2.60 bits per heavy atom. The van der Waals surface area contributed by atoms with Crippen molar-refractivity contribution in [3.8, 4) is 17.1 Å². The molecule has 0 unspecified atom stereocenters. The summed E-state index contributed by atoms with van der Waals surface area (Å²) in [5.74, 6) is 2.46. The van der Waals surface area contributed by atoms with Crippen molar-refractivity contribution in [2.75, 3.05) is 19.7 Å². The topological polar surface area (TPSA) is 94.0 Å². The fourth-order valence-electron chi connectivity index (χ4n) is 5.73. The molecule has 3 aromatic heterocycles. The first-order valence-corrected chi connectivity index (χ1v) is 15.0. The molecule has 2 aliphatic heterocycles. The van der Waals surface area contributed by atoms with Crippen molar-refractivity contribution in [2.45, 2.75) is 57.9 Å². The molecule has 1 N–H and O–H groups in total. The number of hydrogen-bond donors (Lipinski definition) is 1. The van der Waals surface area contributed by atoms with Crippen LogP contribution in [0.3, 0.4) is 0 Å². The zero-order valence-corrected chi connectivity index (χ0v) is 24.4. The number of fused-ring (bicyclic) bond motifs is 1. The molecule has 2 fully saturated rings. The van der Waals surface area contributed by atoms with E-state index < -0.39 is 0 Å². The van der Waals surface area contributed by atoms with Crippen molar-refractivity contribution in [2.24, 2.45) is 0 Å². The van der Waals surface area contributed by atoms with Crippen LogP contribution >= 0.6 is 11.6 Å². The van der Waals surface area contributed by atoms with Crippen LogP contribution in [0, 0.1) is 6.92 Å². The van der Waals surface area contributed by atoms with E-state index in [1.165, 1.54) is 0 Å². The Labute approximate surface area is 249 Å². The van der Waals surface area contributed by atoms with Gasteiger partial charge in [0.2, 0.25) is 5.88 Å². The van der Waals surface area contributed by atoms with Gasteiger partial charge in [0.1, 0.15) is 17.8 Å². The lowest BCUT2D eigenvalue weighted by molar-refractivity contribution is -0.0592. The van der Waals surface area contributed by atoms with Gasteiger partial charge in [0.05, 0.1) is 35.9 Å². The first-order valence-electron chi connectivity index (χ1n) is 14.6. The van der Waals surface area contributed by atoms with E-state index in [1.807, 2.05) is 37.3 Å². The van der Waals surface area contributed by atoms with Crippen LogP contribution in [0.4, 0.5) is 0 Å². The minimum absolute atomic E-state index is 0.126. The van der Waals surface area contributed by atoms with Gasteiger partial charge in [-0.3, -0.25) is 10.00 Å². The first kappa shape index (κ1) is 27.1. The maximum atomic E-state index is 6.31. The van der Waals surface area contributed by atoms with Crippen molar-refractivity contribution in [1.82, 2.24) is 34.6 Å². The molecular formula is C32H34ClN7O2. The van der Waals surface area contributed by atoms with Crippen molar-refractivity contribution < 1.29 is 9.47 Å². The van der Waals surface area contributed by atoms with Crippen LogP contribution in [0.1, 0.15) is 42.2 Å². The Bertz CT molecular complexity index is 1670. The minimum atomic E-state index is 0.126. The Morgan fingerprint density at radius 1 is 1.02 bits per heavy atom. The van der Waals surface area contributed by atoms with E-state index in [-0.39, 0.29) is 12.2 Å². The third-order valence-corrected chi connectivity index (χ3v) is 8.40.